The fourth-order valence-corrected chi connectivity index (χ4v) is 3.97. The molecule has 0 N–H and O–H groups in total. The summed E-state index contributed by atoms with van der Waals surface area (Å²) in [5.41, 5.74) is 0. The molecule has 2 nitrogen and oxygen atoms in total. The number of rotatable bonds is 0. The van der Waals surface area contributed by atoms with Gasteiger partial charge in [-0.2, -0.15) is 0 Å². The number of carbonyl (C=O) groups excluding carboxylic acids is 2. The molecule has 6 aliphatic rings. The van der Waals surface area contributed by atoms with Crippen LogP contribution in [0.3, 0.4) is 0 Å². The number of hydrogen-bond acceptors (Lipinski definition) is 2. The Hall–Kier alpha value is -1.44. The van der Waals surface area contributed by atoms with Crippen molar-refractivity contribution in [3.05, 3.63) is 36.5 Å². The molecule has 1 fully saturated rings. The Bertz CT molecular complexity index is 427. The molecule has 2 heteroatoms. The highest BCUT2D eigenvalue weighted by atomic mass is 16.2. The predicted octanol–water partition coefficient (Wildman–Crippen LogP) is 1.54. The highest BCUT2D eigenvalue weighted by Gasteiger charge is 2.56. The topological polar surface area (TPSA) is 34.1 Å². The van der Waals surface area contributed by atoms with Gasteiger partial charge in [0.2, 0.25) is 11.6 Å². The molecule has 80 valence electrons. The van der Waals surface area contributed by atoms with Crippen molar-refractivity contribution < 1.29 is 9.59 Å². The molecule has 16 heavy (non-hydrogen) atoms. The summed E-state index contributed by atoms with van der Waals surface area (Å²) in [4.78, 5) is 23.7. The summed E-state index contributed by atoms with van der Waals surface area (Å²) in [6.07, 6.45) is 12.8. The van der Waals surface area contributed by atoms with Gasteiger partial charge in [-0.15, -0.1) is 0 Å². The Kier molecular flexibility index (Phi) is 1.42. The second-order valence-corrected chi connectivity index (χ2v) is 5.24. The summed E-state index contributed by atoms with van der Waals surface area (Å²) in [6, 6.07) is 0. The van der Waals surface area contributed by atoms with Gasteiger partial charge in [-0.05, 0) is 23.7 Å². The monoisotopic (exact) mass is 212 g/mol. The van der Waals surface area contributed by atoms with E-state index >= 15 is 0 Å². The van der Waals surface area contributed by atoms with E-state index in [1.165, 1.54) is 0 Å². The number of allylic oxidation sites excluding steroid dienone is 6. The van der Waals surface area contributed by atoms with E-state index in [9.17, 15) is 9.59 Å². The van der Waals surface area contributed by atoms with E-state index in [0.717, 1.165) is 0 Å². The van der Waals surface area contributed by atoms with Gasteiger partial charge in [0, 0.05) is 11.8 Å². The van der Waals surface area contributed by atoms with Crippen LogP contribution < -0.4 is 0 Å². The molecule has 4 bridgehead atoms. The van der Waals surface area contributed by atoms with E-state index in [-0.39, 0.29) is 23.4 Å². The molecule has 0 spiro atoms. The van der Waals surface area contributed by atoms with Gasteiger partial charge >= 0.3 is 0 Å². The molecule has 0 amide bonds. The van der Waals surface area contributed by atoms with Crippen LogP contribution in [0.15, 0.2) is 36.5 Å². The van der Waals surface area contributed by atoms with Gasteiger partial charge in [-0.25, -0.2) is 0 Å². The zero-order valence-corrected chi connectivity index (χ0v) is 8.74. The molecule has 6 rings (SSSR count). The summed E-state index contributed by atoms with van der Waals surface area (Å²) in [5, 5.41) is 0. The Morgan fingerprint density at radius 3 is 1.38 bits per heavy atom. The van der Waals surface area contributed by atoms with Crippen molar-refractivity contribution in [3.63, 3.8) is 0 Å². The average Bonchev–Trinajstić information content (AvgIpc) is 2.36. The predicted molar refractivity (Wildman–Crippen MR) is 58.4 cm³/mol. The second-order valence-electron chi connectivity index (χ2n) is 5.24. The molecule has 0 aromatic rings. The first-order valence-corrected chi connectivity index (χ1v) is 5.90. The number of ketones is 2. The molecular formula is C14H12O2. The van der Waals surface area contributed by atoms with E-state index in [1.807, 2.05) is 12.2 Å². The lowest BCUT2D eigenvalue weighted by Gasteiger charge is -2.51. The van der Waals surface area contributed by atoms with E-state index in [2.05, 4.69) is 24.3 Å². The zero-order valence-electron chi connectivity index (χ0n) is 8.74. The van der Waals surface area contributed by atoms with Crippen molar-refractivity contribution in [2.75, 3.05) is 0 Å². The van der Waals surface area contributed by atoms with Crippen LogP contribution in [0.2, 0.25) is 0 Å². The van der Waals surface area contributed by atoms with Crippen LogP contribution in [0, 0.1) is 35.5 Å². The van der Waals surface area contributed by atoms with Gasteiger partial charge in [0.1, 0.15) is 0 Å². The van der Waals surface area contributed by atoms with Crippen LogP contribution in [0.1, 0.15) is 0 Å². The number of hydrogen-bond donors (Lipinski definition) is 0. The van der Waals surface area contributed by atoms with Gasteiger partial charge in [-0.3, -0.25) is 9.59 Å². The van der Waals surface area contributed by atoms with Crippen LogP contribution in [0.4, 0.5) is 0 Å². The largest absolute Gasteiger partial charge is 0.290 e. The first kappa shape index (κ1) is 8.68. The molecule has 0 aromatic heterocycles. The van der Waals surface area contributed by atoms with E-state index in [1.54, 1.807) is 0 Å². The lowest BCUT2D eigenvalue weighted by Crippen LogP contribution is -2.55. The summed E-state index contributed by atoms with van der Waals surface area (Å²) < 4.78 is 0. The molecular weight excluding hydrogens is 200 g/mol. The van der Waals surface area contributed by atoms with Crippen molar-refractivity contribution in [3.8, 4) is 0 Å². The van der Waals surface area contributed by atoms with Gasteiger partial charge < -0.3 is 0 Å². The lowest BCUT2D eigenvalue weighted by atomic mass is 9.50. The molecule has 0 saturated heterocycles. The van der Waals surface area contributed by atoms with Crippen LogP contribution in [0.5, 0.6) is 0 Å². The van der Waals surface area contributed by atoms with Crippen LogP contribution in [-0.4, -0.2) is 11.6 Å². The maximum absolute atomic E-state index is 11.9. The first-order valence-electron chi connectivity index (χ1n) is 5.90. The van der Waals surface area contributed by atoms with Gasteiger partial charge in [0.15, 0.2) is 0 Å². The molecule has 0 radical (unpaired) electrons. The van der Waals surface area contributed by atoms with Crippen molar-refractivity contribution in [2.24, 2.45) is 35.5 Å². The molecule has 4 atom stereocenters. The third-order valence-electron chi connectivity index (χ3n) is 4.65. The minimum atomic E-state index is -0.150. The molecule has 0 aromatic carbocycles. The van der Waals surface area contributed by atoms with E-state index in [4.69, 9.17) is 0 Å². The Morgan fingerprint density at radius 1 is 0.625 bits per heavy atom. The molecule has 1 saturated carbocycles. The van der Waals surface area contributed by atoms with Crippen molar-refractivity contribution in [1.29, 1.82) is 0 Å². The number of carbonyl (C=O) groups is 2. The Morgan fingerprint density at radius 2 is 1.00 bits per heavy atom. The van der Waals surface area contributed by atoms with Crippen molar-refractivity contribution >= 4 is 11.6 Å². The minimum absolute atomic E-state index is 0.148. The maximum Gasteiger partial charge on any atom is 0.206 e. The molecule has 0 aliphatic heterocycles. The number of fused-ring (bicyclic) bond motifs is 1. The van der Waals surface area contributed by atoms with E-state index in [0.29, 0.717) is 23.7 Å². The second kappa shape index (κ2) is 2.62. The summed E-state index contributed by atoms with van der Waals surface area (Å²) in [6.45, 7) is 0. The molecule has 0 heterocycles. The SMILES string of the molecule is O=C1C(=O)[C@@H]2C=C[C@H]1C1C3C=CC(C=C3)C12. The maximum atomic E-state index is 11.9. The van der Waals surface area contributed by atoms with Crippen LogP contribution >= 0.6 is 0 Å². The normalized spacial score (nSPS) is 51.2. The van der Waals surface area contributed by atoms with Crippen LogP contribution in [0.25, 0.3) is 0 Å². The van der Waals surface area contributed by atoms with Crippen LogP contribution in [-0.2, 0) is 9.59 Å². The number of Topliss-reactive ketones (excluding diaryl/α,β-unsaturated/α-hetero) is 2. The zero-order chi connectivity index (χ0) is 10.9. The first-order chi connectivity index (χ1) is 7.77. The van der Waals surface area contributed by atoms with Gasteiger partial charge in [-0.1, -0.05) is 36.5 Å². The third kappa shape index (κ3) is 0.809. The summed E-state index contributed by atoms with van der Waals surface area (Å²) in [5.74, 6) is 0.829. The molecule has 6 aliphatic carbocycles. The van der Waals surface area contributed by atoms with Crippen molar-refractivity contribution in [1.82, 2.24) is 0 Å². The summed E-state index contributed by atoms with van der Waals surface area (Å²) in [7, 11) is 0. The summed E-state index contributed by atoms with van der Waals surface area (Å²) >= 11 is 0. The van der Waals surface area contributed by atoms with Gasteiger partial charge in [0.05, 0.1) is 0 Å². The average molecular weight is 212 g/mol. The fraction of sp³-hybridized carbons (Fsp3) is 0.429. The van der Waals surface area contributed by atoms with E-state index < -0.39 is 0 Å². The quantitative estimate of drug-likeness (QED) is 0.451. The Balaban J connectivity index is 1.90. The standard InChI is InChI=1S/C14H12O2/c15-13-9-5-6-10(14(13)16)12-8-2-1-7(3-4-8)11(9)12/h1-12H/t7?,8?,9-,10+,11?,12?. The smallest absolute Gasteiger partial charge is 0.206 e. The van der Waals surface area contributed by atoms with Crippen molar-refractivity contribution in [2.45, 2.75) is 0 Å². The fourth-order valence-electron chi connectivity index (χ4n) is 3.97. The lowest BCUT2D eigenvalue weighted by molar-refractivity contribution is -0.148. The minimum Gasteiger partial charge on any atom is -0.290 e. The highest BCUT2D eigenvalue weighted by Crippen LogP contribution is 2.53. The van der Waals surface area contributed by atoms with Gasteiger partial charge in [0.25, 0.3) is 0 Å². The molecule has 2 unspecified atom stereocenters. The Labute approximate surface area is 93.7 Å². The third-order valence-corrected chi connectivity index (χ3v) is 4.65. The highest BCUT2D eigenvalue weighted by molar-refractivity contribution is 6.41.